The molecule has 2 aromatic carbocycles. The van der Waals surface area contributed by atoms with Gasteiger partial charge in [0, 0.05) is 35.4 Å². The fourth-order valence-corrected chi connectivity index (χ4v) is 5.13. The molecule has 0 aliphatic carbocycles. The Labute approximate surface area is 204 Å². The van der Waals surface area contributed by atoms with Crippen LogP contribution in [-0.4, -0.2) is 43.9 Å². The van der Waals surface area contributed by atoms with Gasteiger partial charge in [-0.1, -0.05) is 30.3 Å². The van der Waals surface area contributed by atoms with E-state index < -0.39 is 0 Å². The molecule has 1 aliphatic rings. The van der Waals surface area contributed by atoms with Crippen molar-refractivity contribution in [3.05, 3.63) is 71.0 Å². The van der Waals surface area contributed by atoms with Gasteiger partial charge in [0.2, 0.25) is 11.8 Å². The smallest absolute Gasteiger partial charge is 0.234 e. The van der Waals surface area contributed by atoms with Gasteiger partial charge >= 0.3 is 0 Å². The van der Waals surface area contributed by atoms with Crippen molar-refractivity contribution in [2.75, 3.05) is 11.9 Å². The number of hydrogen-bond acceptors (Lipinski definition) is 5. The number of anilines is 1. The van der Waals surface area contributed by atoms with Crippen LogP contribution in [0.5, 0.6) is 0 Å². The zero-order valence-electron chi connectivity index (χ0n) is 20.1. The van der Waals surface area contributed by atoms with Crippen LogP contribution in [-0.2, 0) is 22.6 Å². The second kappa shape index (κ2) is 9.46. The minimum absolute atomic E-state index is 0.0603. The first kappa shape index (κ1) is 23.0. The Hall–Kier alpha value is -3.78. The molecule has 1 unspecified atom stereocenters. The standard InChI is InChI=1S/C27H30N6O2/c1-17-20(18(2)33-27(29-17)21-9-4-6-11-23(21)31-33)13-14-25(34)30-22-10-5-3-8-19(22)16-32-15-7-12-24(32)26(28)35/h3-6,8-11,24H,7,12-16H2,1-2H3,(H2,28,35)(H,30,34). The molecule has 8 nitrogen and oxygen atoms in total. The van der Waals surface area contributed by atoms with E-state index in [9.17, 15) is 9.59 Å². The van der Waals surface area contributed by atoms with Crippen molar-refractivity contribution >= 4 is 34.1 Å². The molecule has 0 radical (unpaired) electrons. The van der Waals surface area contributed by atoms with Crippen LogP contribution in [0, 0.1) is 13.8 Å². The molecule has 0 saturated carbocycles. The molecule has 1 atom stereocenters. The molecular formula is C27H30N6O2. The summed E-state index contributed by atoms with van der Waals surface area (Å²) in [4.78, 5) is 31.6. The van der Waals surface area contributed by atoms with Crippen molar-refractivity contribution in [1.29, 1.82) is 0 Å². The summed E-state index contributed by atoms with van der Waals surface area (Å²) in [5, 5.41) is 8.80. The number of aromatic nitrogens is 3. The van der Waals surface area contributed by atoms with E-state index in [1.165, 1.54) is 0 Å². The van der Waals surface area contributed by atoms with Gasteiger partial charge in [-0.05, 0) is 69.0 Å². The predicted molar refractivity (Wildman–Crippen MR) is 136 cm³/mol. The Morgan fingerprint density at radius 3 is 2.71 bits per heavy atom. The summed E-state index contributed by atoms with van der Waals surface area (Å²) < 4.78 is 1.88. The maximum Gasteiger partial charge on any atom is 0.234 e. The van der Waals surface area contributed by atoms with Gasteiger partial charge in [-0.2, -0.15) is 5.10 Å². The molecule has 0 bridgehead atoms. The molecule has 1 aliphatic heterocycles. The molecule has 1 fully saturated rings. The molecule has 2 aromatic heterocycles. The second-order valence-corrected chi connectivity index (χ2v) is 9.25. The van der Waals surface area contributed by atoms with Crippen LogP contribution >= 0.6 is 0 Å². The number of likely N-dealkylation sites (tertiary alicyclic amines) is 1. The third kappa shape index (κ3) is 4.49. The largest absolute Gasteiger partial charge is 0.368 e. The zero-order chi connectivity index (χ0) is 24.5. The Morgan fingerprint density at radius 2 is 1.89 bits per heavy atom. The monoisotopic (exact) mass is 470 g/mol. The first-order chi connectivity index (χ1) is 16.9. The lowest BCUT2D eigenvalue weighted by Gasteiger charge is -2.23. The summed E-state index contributed by atoms with van der Waals surface area (Å²) in [5.74, 6) is -0.347. The number of nitrogens with two attached hydrogens (primary N) is 1. The number of fused-ring (bicyclic) bond motifs is 3. The van der Waals surface area contributed by atoms with E-state index in [0.717, 1.165) is 64.1 Å². The summed E-state index contributed by atoms with van der Waals surface area (Å²) in [5.41, 5.74) is 12.0. The maximum atomic E-state index is 12.9. The molecule has 35 heavy (non-hydrogen) atoms. The molecule has 0 spiro atoms. The highest BCUT2D eigenvalue weighted by molar-refractivity contribution is 5.93. The van der Waals surface area contributed by atoms with Gasteiger partial charge in [0.15, 0.2) is 5.65 Å². The highest BCUT2D eigenvalue weighted by atomic mass is 16.2. The normalized spacial score (nSPS) is 16.2. The van der Waals surface area contributed by atoms with Crippen LogP contribution in [0.2, 0.25) is 0 Å². The average Bonchev–Trinajstić information content (AvgIpc) is 3.45. The summed E-state index contributed by atoms with van der Waals surface area (Å²) in [7, 11) is 0. The number of aryl methyl sites for hydroxylation is 2. The first-order valence-electron chi connectivity index (χ1n) is 12.1. The fourth-order valence-electron chi connectivity index (χ4n) is 5.13. The highest BCUT2D eigenvalue weighted by Gasteiger charge is 2.29. The summed E-state index contributed by atoms with van der Waals surface area (Å²) >= 11 is 0. The van der Waals surface area contributed by atoms with E-state index in [1.54, 1.807) is 0 Å². The zero-order valence-corrected chi connectivity index (χ0v) is 20.1. The SMILES string of the molecule is Cc1nc2c3ccccc3nn2c(C)c1CCC(=O)Nc1ccccc1CN1CCCC1C(N)=O. The van der Waals surface area contributed by atoms with Gasteiger partial charge < -0.3 is 11.1 Å². The van der Waals surface area contributed by atoms with E-state index in [1.807, 2.05) is 66.9 Å². The third-order valence-electron chi connectivity index (χ3n) is 6.98. The number of carbonyl (C=O) groups excluding carboxylic acids is 2. The third-order valence-corrected chi connectivity index (χ3v) is 6.98. The van der Waals surface area contributed by atoms with Crippen molar-refractivity contribution in [1.82, 2.24) is 19.5 Å². The Balaban J connectivity index is 1.30. The van der Waals surface area contributed by atoms with Gasteiger partial charge in [-0.25, -0.2) is 9.50 Å². The van der Waals surface area contributed by atoms with Crippen LogP contribution < -0.4 is 11.1 Å². The van der Waals surface area contributed by atoms with Gasteiger partial charge in [0.1, 0.15) is 0 Å². The van der Waals surface area contributed by atoms with Crippen LogP contribution in [0.3, 0.4) is 0 Å². The summed E-state index contributed by atoms with van der Waals surface area (Å²) in [6, 6.07) is 15.5. The number of primary amides is 1. The lowest BCUT2D eigenvalue weighted by Crippen LogP contribution is -2.39. The lowest BCUT2D eigenvalue weighted by atomic mass is 10.1. The van der Waals surface area contributed by atoms with E-state index in [-0.39, 0.29) is 17.9 Å². The van der Waals surface area contributed by atoms with Crippen molar-refractivity contribution in [3.8, 4) is 0 Å². The Bertz CT molecular complexity index is 1430. The number of amides is 2. The van der Waals surface area contributed by atoms with E-state index in [0.29, 0.717) is 19.4 Å². The maximum absolute atomic E-state index is 12.9. The van der Waals surface area contributed by atoms with Crippen molar-refractivity contribution in [2.24, 2.45) is 5.73 Å². The minimum atomic E-state index is -0.287. The van der Waals surface area contributed by atoms with Gasteiger partial charge in [-0.15, -0.1) is 0 Å². The van der Waals surface area contributed by atoms with Crippen LogP contribution in [0.25, 0.3) is 16.6 Å². The number of nitrogens with zero attached hydrogens (tertiary/aromatic N) is 4. The average molecular weight is 471 g/mol. The number of hydrogen-bond donors (Lipinski definition) is 2. The highest BCUT2D eigenvalue weighted by Crippen LogP contribution is 2.25. The Kier molecular flexibility index (Phi) is 6.21. The van der Waals surface area contributed by atoms with Crippen LogP contribution in [0.1, 0.15) is 41.8 Å². The van der Waals surface area contributed by atoms with Crippen LogP contribution in [0.4, 0.5) is 5.69 Å². The molecule has 3 heterocycles. The van der Waals surface area contributed by atoms with Crippen molar-refractivity contribution < 1.29 is 9.59 Å². The molecule has 3 N–H and O–H groups in total. The van der Waals surface area contributed by atoms with Crippen molar-refractivity contribution in [2.45, 2.75) is 52.1 Å². The molecule has 180 valence electrons. The second-order valence-electron chi connectivity index (χ2n) is 9.25. The molecule has 8 heteroatoms. The molecule has 1 saturated heterocycles. The summed E-state index contributed by atoms with van der Waals surface area (Å²) in [6.07, 6.45) is 2.64. The molecule has 5 rings (SSSR count). The predicted octanol–water partition coefficient (Wildman–Crippen LogP) is 3.52. The number of carbonyl (C=O) groups is 2. The fraction of sp³-hybridized carbons (Fsp3) is 0.333. The number of rotatable bonds is 7. The topological polar surface area (TPSA) is 106 Å². The molecule has 4 aromatic rings. The van der Waals surface area contributed by atoms with E-state index in [4.69, 9.17) is 15.8 Å². The quantitative estimate of drug-likeness (QED) is 0.430. The molecule has 2 amide bonds. The number of benzene rings is 2. The van der Waals surface area contributed by atoms with Crippen molar-refractivity contribution in [3.63, 3.8) is 0 Å². The first-order valence-corrected chi connectivity index (χ1v) is 12.1. The number of nitrogens with one attached hydrogen (secondary N) is 1. The van der Waals surface area contributed by atoms with Gasteiger partial charge in [0.05, 0.1) is 11.6 Å². The van der Waals surface area contributed by atoms with Crippen LogP contribution in [0.15, 0.2) is 48.5 Å². The lowest BCUT2D eigenvalue weighted by molar-refractivity contribution is -0.122. The van der Waals surface area contributed by atoms with Gasteiger partial charge in [-0.3, -0.25) is 14.5 Å². The Morgan fingerprint density at radius 1 is 1.11 bits per heavy atom. The minimum Gasteiger partial charge on any atom is -0.368 e. The van der Waals surface area contributed by atoms with Gasteiger partial charge in [0.25, 0.3) is 0 Å². The summed E-state index contributed by atoms with van der Waals surface area (Å²) in [6.45, 7) is 5.42. The molecular weight excluding hydrogens is 440 g/mol. The number of para-hydroxylation sites is 1. The van der Waals surface area contributed by atoms with E-state index >= 15 is 0 Å². The van der Waals surface area contributed by atoms with E-state index in [2.05, 4.69) is 10.2 Å².